The van der Waals surface area contributed by atoms with Gasteiger partial charge in [0, 0.05) is 11.6 Å². The Labute approximate surface area is 195 Å². The van der Waals surface area contributed by atoms with E-state index in [-0.39, 0.29) is 17.1 Å². The van der Waals surface area contributed by atoms with Crippen molar-refractivity contribution in [3.05, 3.63) is 123 Å². The minimum Gasteiger partial charge on any atom is -0.490 e. The molecule has 0 saturated heterocycles. The van der Waals surface area contributed by atoms with E-state index in [4.69, 9.17) is 20.8 Å². The molecule has 1 aliphatic heterocycles. The number of ether oxygens (including phenoxy) is 1. The maximum atomic E-state index is 13.5. The van der Waals surface area contributed by atoms with Crippen molar-refractivity contribution in [1.29, 1.82) is 0 Å². The van der Waals surface area contributed by atoms with Crippen LogP contribution < -0.4 is 10.2 Å². The second-order valence-electron chi connectivity index (χ2n) is 7.80. The highest BCUT2D eigenvalue weighted by atomic mass is 35.5. The smallest absolute Gasteiger partial charge is 0.291 e. The van der Waals surface area contributed by atoms with E-state index in [2.05, 4.69) is 6.58 Å². The van der Waals surface area contributed by atoms with Crippen LogP contribution in [-0.4, -0.2) is 17.4 Å². The first-order valence-corrected chi connectivity index (χ1v) is 10.9. The lowest BCUT2D eigenvalue weighted by Gasteiger charge is -2.25. The SMILES string of the molecule is C=CCOc1ccc(C2c3c(oc4ccccc4c3=O)C(=O)N2Cc2ccc(Cl)cc2)cc1. The molecular weight excluding hydrogens is 438 g/mol. The minimum atomic E-state index is -0.586. The fourth-order valence-electron chi connectivity index (χ4n) is 4.16. The molecule has 1 aromatic heterocycles. The maximum absolute atomic E-state index is 13.5. The molecule has 5 rings (SSSR count). The Morgan fingerprint density at radius 2 is 1.73 bits per heavy atom. The minimum absolute atomic E-state index is 0.0876. The zero-order chi connectivity index (χ0) is 22.9. The van der Waals surface area contributed by atoms with E-state index in [1.165, 1.54) is 0 Å². The lowest BCUT2D eigenvalue weighted by Crippen LogP contribution is -2.29. The van der Waals surface area contributed by atoms with Gasteiger partial charge in [-0.3, -0.25) is 9.59 Å². The van der Waals surface area contributed by atoms with Crippen LogP contribution in [0.1, 0.15) is 33.3 Å². The fraction of sp³-hybridized carbons (Fsp3) is 0.111. The fourth-order valence-corrected chi connectivity index (χ4v) is 4.29. The van der Waals surface area contributed by atoms with E-state index >= 15 is 0 Å². The van der Waals surface area contributed by atoms with E-state index < -0.39 is 6.04 Å². The van der Waals surface area contributed by atoms with Gasteiger partial charge in [0.1, 0.15) is 17.9 Å². The molecular formula is C27H20ClNO4. The topological polar surface area (TPSA) is 59.8 Å². The van der Waals surface area contributed by atoms with Crippen molar-refractivity contribution in [1.82, 2.24) is 4.90 Å². The van der Waals surface area contributed by atoms with Crippen LogP contribution in [-0.2, 0) is 6.54 Å². The third-order valence-electron chi connectivity index (χ3n) is 5.70. The average Bonchev–Trinajstić information content (AvgIpc) is 3.11. The predicted octanol–water partition coefficient (Wildman–Crippen LogP) is 5.76. The highest BCUT2D eigenvalue weighted by Gasteiger charge is 2.42. The van der Waals surface area contributed by atoms with E-state index in [1.54, 1.807) is 47.4 Å². The standard InChI is InChI=1S/C27H20ClNO4/c1-2-15-32-20-13-9-18(10-14-20)24-23-25(30)21-5-3-4-6-22(21)33-26(23)27(31)29(24)16-17-7-11-19(28)12-8-17/h2-14,24H,1,15-16H2. The number of carbonyl (C=O) groups excluding carboxylic acids is 1. The Morgan fingerprint density at radius 3 is 2.45 bits per heavy atom. The van der Waals surface area contributed by atoms with Gasteiger partial charge in [-0.05, 0) is 47.5 Å². The number of carbonyl (C=O) groups is 1. The molecule has 1 atom stereocenters. The van der Waals surface area contributed by atoms with Gasteiger partial charge in [-0.15, -0.1) is 0 Å². The van der Waals surface area contributed by atoms with Crippen molar-refractivity contribution in [2.24, 2.45) is 0 Å². The van der Waals surface area contributed by atoms with Crippen LogP contribution in [0, 0.1) is 0 Å². The largest absolute Gasteiger partial charge is 0.490 e. The zero-order valence-electron chi connectivity index (χ0n) is 17.7. The van der Waals surface area contributed by atoms with Crippen molar-refractivity contribution >= 4 is 28.5 Å². The predicted molar refractivity (Wildman–Crippen MR) is 128 cm³/mol. The molecule has 2 heterocycles. The molecule has 3 aromatic carbocycles. The van der Waals surface area contributed by atoms with Gasteiger partial charge in [-0.2, -0.15) is 0 Å². The van der Waals surface area contributed by atoms with Crippen LogP contribution in [0.2, 0.25) is 5.02 Å². The Kier molecular flexibility index (Phi) is 5.48. The average molecular weight is 458 g/mol. The molecule has 0 spiro atoms. The first kappa shape index (κ1) is 21.0. The van der Waals surface area contributed by atoms with E-state index in [1.807, 2.05) is 36.4 Å². The van der Waals surface area contributed by atoms with Gasteiger partial charge in [-0.25, -0.2) is 0 Å². The molecule has 0 fully saturated rings. The van der Waals surface area contributed by atoms with Gasteiger partial charge < -0.3 is 14.1 Å². The molecule has 164 valence electrons. The van der Waals surface area contributed by atoms with Crippen molar-refractivity contribution in [2.75, 3.05) is 6.61 Å². The van der Waals surface area contributed by atoms with Gasteiger partial charge in [0.25, 0.3) is 5.91 Å². The molecule has 33 heavy (non-hydrogen) atoms. The monoisotopic (exact) mass is 457 g/mol. The van der Waals surface area contributed by atoms with Crippen LogP contribution in [0.5, 0.6) is 5.75 Å². The number of para-hydroxylation sites is 1. The van der Waals surface area contributed by atoms with Crippen LogP contribution in [0.25, 0.3) is 11.0 Å². The van der Waals surface area contributed by atoms with Crippen molar-refractivity contribution in [3.63, 3.8) is 0 Å². The first-order valence-electron chi connectivity index (χ1n) is 10.5. The summed E-state index contributed by atoms with van der Waals surface area (Å²) in [5, 5.41) is 1.07. The second-order valence-corrected chi connectivity index (χ2v) is 8.24. The van der Waals surface area contributed by atoms with Gasteiger partial charge in [-0.1, -0.05) is 60.7 Å². The second kappa shape index (κ2) is 8.60. The zero-order valence-corrected chi connectivity index (χ0v) is 18.4. The molecule has 0 N–H and O–H groups in total. The Hall–Kier alpha value is -3.83. The molecule has 0 saturated carbocycles. The maximum Gasteiger partial charge on any atom is 0.291 e. The molecule has 5 nitrogen and oxygen atoms in total. The summed E-state index contributed by atoms with van der Waals surface area (Å²) >= 11 is 6.03. The van der Waals surface area contributed by atoms with Crippen molar-refractivity contribution in [3.8, 4) is 5.75 Å². The molecule has 1 amide bonds. The van der Waals surface area contributed by atoms with E-state index in [9.17, 15) is 9.59 Å². The number of rotatable bonds is 6. The lowest BCUT2D eigenvalue weighted by atomic mass is 9.98. The highest BCUT2D eigenvalue weighted by Crippen LogP contribution is 2.39. The summed E-state index contributed by atoms with van der Waals surface area (Å²) in [6.45, 7) is 4.35. The van der Waals surface area contributed by atoms with Crippen LogP contribution in [0.3, 0.4) is 0 Å². The van der Waals surface area contributed by atoms with Gasteiger partial charge in [0.15, 0.2) is 5.43 Å². The molecule has 4 aromatic rings. The van der Waals surface area contributed by atoms with Crippen molar-refractivity contribution in [2.45, 2.75) is 12.6 Å². The van der Waals surface area contributed by atoms with Gasteiger partial charge in [0.05, 0.1) is 17.0 Å². The van der Waals surface area contributed by atoms with Crippen LogP contribution in [0.4, 0.5) is 0 Å². The molecule has 1 unspecified atom stereocenters. The number of fused-ring (bicyclic) bond motifs is 2. The number of hydrogen-bond acceptors (Lipinski definition) is 4. The Bertz CT molecular complexity index is 1410. The summed E-state index contributed by atoms with van der Waals surface area (Å²) in [5.41, 5.74) is 2.25. The Balaban J connectivity index is 1.64. The van der Waals surface area contributed by atoms with Gasteiger partial charge in [0.2, 0.25) is 5.76 Å². The highest BCUT2D eigenvalue weighted by molar-refractivity contribution is 6.30. The molecule has 1 aliphatic rings. The number of amides is 1. The van der Waals surface area contributed by atoms with Crippen LogP contribution in [0.15, 0.2) is 94.7 Å². The normalized spacial score (nSPS) is 15.0. The molecule has 0 bridgehead atoms. The Morgan fingerprint density at radius 1 is 1.00 bits per heavy atom. The summed E-state index contributed by atoms with van der Waals surface area (Å²) in [4.78, 5) is 28.7. The summed E-state index contributed by atoms with van der Waals surface area (Å²) < 4.78 is 11.6. The summed E-state index contributed by atoms with van der Waals surface area (Å²) in [7, 11) is 0. The number of benzene rings is 3. The van der Waals surface area contributed by atoms with E-state index in [0.29, 0.717) is 40.5 Å². The van der Waals surface area contributed by atoms with Gasteiger partial charge >= 0.3 is 0 Å². The summed E-state index contributed by atoms with van der Waals surface area (Å²) in [6.07, 6.45) is 1.67. The summed E-state index contributed by atoms with van der Waals surface area (Å²) in [6, 6.07) is 21.1. The molecule has 6 heteroatoms. The number of halogens is 1. The third kappa shape index (κ3) is 3.81. The molecule has 0 aliphatic carbocycles. The summed E-state index contributed by atoms with van der Waals surface area (Å²) in [5.74, 6) is 0.447. The lowest BCUT2D eigenvalue weighted by molar-refractivity contribution is 0.0714. The first-order chi connectivity index (χ1) is 16.1. The van der Waals surface area contributed by atoms with Crippen LogP contribution >= 0.6 is 11.6 Å². The quantitative estimate of drug-likeness (QED) is 0.345. The third-order valence-corrected chi connectivity index (χ3v) is 5.96. The molecule has 0 radical (unpaired) electrons. The number of nitrogens with zero attached hydrogens (tertiary/aromatic N) is 1. The van der Waals surface area contributed by atoms with Crippen molar-refractivity contribution < 1.29 is 13.9 Å². The van der Waals surface area contributed by atoms with E-state index in [0.717, 1.165) is 11.1 Å². The number of hydrogen-bond donors (Lipinski definition) is 0.